The summed E-state index contributed by atoms with van der Waals surface area (Å²) in [6, 6.07) is 16.1. The molecule has 6 heteroatoms. The predicted molar refractivity (Wildman–Crippen MR) is 136 cm³/mol. The Hall–Kier alpha value is -2.44. The molecular weight excluding hydrogens is 429 g/mol. The van der Waals surface area contributed by atoms with Gasteiger partial charge in [-0.1, -0.05) is 24.3 Å². The van der Waals surface area contributed by atoms with E-state index in [0.29, 0.717) is 31.1 Å². The minimum atomic E-state index is -1.13. The highest BCUT2D eigenvalue weighted by atomic mass is 19.1. The summed E-state index contributed by atoms with van der Waals surface area (Å²) in [6.45, 7) is 7.83. The number of halogens is 1. The Morgan fingerprint density at radius 1 is 1.00 bits per heavy atom. The monoisotopic (exact) mass is 467 g/mol. The van der Waals surface area contributed by atoms with E-state index >= 15 is 0 Å². The fraction of sp³-hybridized carbons (Fsp3) is 0.536. The smallest absolute Gasteiger partial charge is 0.253 e. The molecule has 2 heterocycles. The highest BCUT2D eigenvalue weighted by Gasteiger charge is 2.25. The Balaban J connectivity index is 1.26. The molecule has 0 saturated carbocycles. The first kappa shape index (κ1) is 24.7. The number of likely N-dealkylation sites (tertiary alicyclic amines) is 2. The van der Waals surface area contributed by atoms with Gasteiger partial charge in [-0.25, -0.2) is 4.39 Å². The summed E-state index contributed by atoms with van der Waals surface area (Å²) in [5, 5.41) is 13.4. The van der Waals surface area contributed by atoms with E-state index in [9.17, 15) is 14.3 Å². The lowest BCUT2D eigenvalue weighted by atomic mass is 9.95. The molecule has 0 radical (unpaired) electrons. The molecule has 4 rings (SSSR count). The van der Waals surface area contributed by atoms with Crippen molar-refractivity contribution in [1.29, 1.82) is 0 Å². The topological polar surface area (TPSA) is 55.8 Å². The number of rotatable bonds is 7. The summed E-state index contributed by atoms with van der Waals surface area (Å²) in [5.41, 5.74) is 2.83. The third kappa shape index (κ3) is 6.80. The third-order valence-electron chi connectivity index (χ3n) is 6.94. The van der Waals surface area contributed by atoms with Crippen LogP contribution in [-0.4, -0.2) is 71.9 Å². The molecule has 1 atom stereocenters. The number of nitrogens with one attached hydrogen (secondary N) is 1. The van der Waals surface area contributed by atoms with E-state index in [1.807, 2.05) is 24.3 Å². The maximum Gasteiger partial charge on any atom is 0.253 e. The Morgan fingerprint density at radius 3 is 2.21 bits per heavy atom. The van der Waals surface area contributed by atoms with Gasteiger partial charge in [0.25, 0.3) is 5.91 Å². The number of alkyl halides is 1. The maximum atomic E-state index is 13.9. The fourth-order valence-corrected chi connectivity index (χ4v) is 5.05. The summed E-state index contributed by atoms with van der Waals surface area (Å²) < 4.78 is 13.9. The Kier molecular flexibility index (Phi) is 7.89. The van der Waals surface area contributed by atoms with Gasteiger partial charge in [-0.05, 0) is 93.9 Å². The van der Waals surface area contributed by atoms with Crippen molar-refractivity contribution in [2.24, 2.45) is 5.92 Å². The number of aliphatic hydroxyl groups excluding tert-OH is 1. The normalized spacial score (nSPS) is 20.4. The van der Waals surface area contributed by atoms with Crippen LogP contribution in [0.1, 0.15) is 49.9 Å². The first-order valence-corrected chi connectivity index (χ1v) is 12.6. The van der Waals surface area contributed by atoms with E-state index in [4.69, 9.17) is 0 Å². The molecule has 2 fully saturated rings. The van der Waals surface area contributed by atoms with Gasteiger partial charge in [0.2, 0.25) is 0 Å². The number of hydrogen-bond acceptors (Lipinski definition) is 4. The van der Waals surface area contributed by atoms with Crippen LogP contribution in [0.3, 0.4) is 0 Å². The SMILES string of the molecule is CC(C)(F)CN1CCC(CNc2ccc(-c3ccc(C(=O)N4CCCC(O)C4)cc3)cc2)CC1. The molecule has 2 saturated heterocycles. The van der Waals surface area contributed by atoms with E-state index in [-0.39, 0.29) is 5.91 Å². The van der Waals surface area contributed by atoms with Crippen molar-refractivity contribution in [3.63, 3.8) is 0 Å². The quantitative estimate of drug-likeness (QED) is 0.613. The zero-order valence-corrected chi connectivity index (χ0v) is 20.5. The highest BCUT2D eigenvalue weighted by Crippen LogP contribution is 2.25. The van der Waals surface area contributed by atoms with Gasteiger partial charge in [0.15, 0.2) is 0 Å². The average Bonchev–Trinajstić information content (AvgIpc) is 2.83. The van der Waals surface area contributed by atoms with Gasteiger partial charge < -0.3 is 20.2 Å². The van der Waals surface area contributed by atoms with E-state index in [1.54, 1.807) is 18.7 Å². The van der Waals surface area contributed by atoms with Gasteiger partial charge >= 0.3 is 0 Å². The number of piperidine rings is 2. The second-order valence-electron chi connectivity index (χ2n) is 10.5. The number of nitrogens with zero attached hydrogens (tertiary/aromatic N) is 2. The second kappa shape index (κ2) is 10.9. The number of carbonyl (C=O) groups is 1. The Labute approximate surface area is 203 Å². The summed E-state index contributed by atoms with van der Waals surface area (Å²) in [6.07, 6.45) is 3.41. The van der Waals surface area contributed by atoms with E-state index in [0.717, 1.165) is 62.1 Å². The Bertz CT molecular complexity index is 932. The molecular formula is C28H38FN3O2. The zero-order valence-electron chi connectivity index (χ0n) is 20.5. The van der Waals surface area contributed by atoms with Gasteiger partial charge in [-0.15, -0.1) is 0 Å². The van der Waals surface area contributed by atoms with Crippen molar-refractivity contribution in [2.75, 3.05) is 44.6 Å². The molecule has 2 aliphatic rings. The van der Waals surface area contributed by atoms with Crippen molar-refractivity contribution in [3.05, 3.63) is 54.1 Å². The summed E-state index contributed by atoms with van der Waals surface area (Å²) >= 11 is 0. The molecule has 0 aliphatic carbocycles. The van der Waals surface area contributed by atoms with Crippen LogP contribution in [0.2, 0.25) is 0 Å². The van der Waals surface area contributed by atoms with Crippen LogP contribution >= 0.6 is 0 Å². The molecule has 5 nitrogen and oxygen atoms in total. The molecule has 2 aromatic carbocycles. The predicted octanol–water partition coefficient (Wildman–Crippen LogP) is 4.82. The van der Waals surface area contributed by atoms with Gasteiger partial charge in [-0.2, -0.15) is 0 Å². The summed E-state index contributed by atoms with van der Waals surface area (Å²) in [4.78, 5) is 16.7. The van der Waals surface area contributed by atoms with Crippen LogP contribution < -0.4 is 5.32 Å². The van der Waals surface area contributed by atoms with Gasteiger partial charge in [0.1, 0.15) is 5.67 Å². The molecule has 0 aromatic heterocycles. The third-order valence-corrected chi connectivity index (χ3v) is 6.94. The van der Waals surface area contributed by atoms with Crippen LogP contribution in [-0.2, 0) is 0 Å². The van der Waals surface area contributed by atoms with E-state index in [2.05, 4.69) is 34.5 Å². The Morgan fingerprint density at radius 2 is 1.62 bits per heavy atom. The zero-order chi connectivity index (χ0) is 24.1. The highest BCUT2D eigenvalue weighted by molar-refractivity contribution is 5.94. The van der Waals surface area contributed by atoms with Crippen molar-refractivity contribution < 1.29 is 14.3 Å². The molecule has 0 spiro atoms. The number of anilines is 1. The van der Waals surface area contributed by atoms with Crippen molar-refractivity contribution in [1.82, 2.24) is 9.80 Å². The van der Waals surface area contributed by atoms with Gasteiger partial charge in [-0.3, -0.25) is 4.79 Å². The molecule has 34 heavy (non-hydrogen) atoms. The first-order chi connectivity index (χ1) is 16.3. The molecule has 1 unspecified atom stereocenters. The number of hydrogen-bond donors (Lipinski definition) is 2. The summed E-state index contributed by atoms with van der Waals surface area (Å²) in [7, 11) is 0. The first-order valence-electron chi connectivity index (χ1n) is 12.6. The maximum absolute atomic E-state index is 13.9. The number of carbonyl (C=O) groups excluding carboxylic acids is 1. The second-order valence-corrected chi connectivity index (χ2v) is 10.5. The van der Waals surface area contributed by atoms with Crippen molar-refractivity contribution in [3.8, 4) is 11.1 Å². The molecule has 2 N–H and O–H groups in total. The minimum Gasteiger partial charge on any atom is -0.391 e. The van der Waals surface area contributed by atoms with Crippen LogP contribution in [0.15, 0.2) is 48.5 Å². The number of aliphatic hydroxyl groups is 1. The molecule has 2 aliphatic heterocycles. The van der Waals surface area contributed by atoms with Crippen molar-refractivity contribution in [2.45, 2.75) is 51.3 Å². The molecule has 2 aromatic rings. The lowest BCUT2D eigenvalue weighted by Crippen LogP contribution is -2.42. The molecule has 0 bridgehead atoms. The molecule has 1 amide bonds. The lowest BCUT2D eigenvalue weighted by molar-refractivity contribution is 0.0474. The molecule has 184 valence electrons. The summed E-state index contributed by atoms with van der Waals surface area (Å²) in [5.74, 6) is 0.605. The van der Waals surface area contributed by atoms with Crippen LogP contribution in [0.25, 0.3) is 11.1 Å². The van der Waals surface area contributed by atoms with E-state index < -0.39 is 11.8 Å². The van der Waals surface area contributed by atoms with Crippen LogP contribution in [0.5, 0.6) is 0 Å². The average molecular weight is 468 g/mol. The standard InChI is InChI=1S/C28H38FN3O2/c1-28(2,29)20-31-16-13-21(14-17-31)18-30-25-11-9-23(10-12-25)22-5-7-24(8-6-22)27(34)32-15-3-4-26(33)19-32/h5-12,21,26,30,33H,3-4,13-20H2,1-2H3. The largest absolute Gasteiger partial charge is 0.391 e. The number of β-amino-alcohol motifs (C(OH)–C–C–N with tert-alkyl or cyclic N) is 1. The number of benzene rings is 2. The van der Waals surface area contributed by atoms with Crippen LogP contribution in [0, 0.1) is 5.92 Å². The van der Waals surface area contributed by atoms with Crippen LogP contribution in [0.4, 0.5) is 10.1 Å². The van der Waals surface area contributed by atoms with Gasteiger partial charge in [0, 0.05) is 37.4 Å². The van der Waals surface area contributed by atoms with Crippen molar-refractivity contribution >= 4 is 11.6 Å². The fourth-order valence-electron chi connectivity index (χ4n) is 5.05. The number of amides is 1. The van der Waals surface area contributed by atoms with E-state index in [1.165, 1.54) is 0 Å². The van der Waals surface area contributed by atoms with Gasteiger partial charge in [0.05, 0.1) is 6.10 Å². The minimum absolute atomic E-state index is 0.0101. The lowest BCUT2D eigenvalue weighted by Gasteiger charge is -2.34.